The van der Waals surface area contributed by atoms with E-state index in [1.165, 1.54) is 9.13 Å². The van der Waals surface area contributed by atoms with Crippen LogP contribution in [0.1, 0.15) is 26.2 Å². The highest BCUT2D eigenvalue weighted by Crippen LogP contribution is 2.22. The number of nitrogens with zero attached hydrogens (tertiary/aromatic N) is 4. The number of ether oxygens (including phenoxy) is 1. The van der Waals surface area contributed by atoms with E-state index in [1.54, 1.807) is 24.3 Å². The van der Waals surface area contributed by atoms with E-state index in [9.17, 15) is 9.59 Å². The van der Waals surface area contributed by atoms with Gasteiger partial charge in [-0.2, -0.15) is 4.98 Å². The zero-order valence-electron chi connectivity index (χ0n) is 16.9. The van der Waals surface area contributed by atoms with Crippen LogP contribution in [0.2, 0.25) is 0 Å². The van der Waals surface area contributed by atoms with E-state index in [-0.39, 0.29) is 18.0 Å². The predicted octanol–water partition coefficient (Wildman–Crippen LogP) is 3.07. The van der Waals surface area contributed by atoms with Crippen molar-refractivity contribution in [1.29, 1.82) is 0 Å². The lowest BCUT2D eigenvalue weighted by molar-refractivity contribution is 0.340. The summed E-state index contributed by atoms with van der Waals surface area (Å²) in [5.74, 6) is 1.40. The molecular weight excluding hydrogens is 384 g/mol. The average molecular weight is 406 g/mol. The molecule has 0 bridgehead atoms. The molecule has 2 aromatic heterocycles. The fourth-order valence-corrected chi connectivity index (χ4v) is 3.41. The first-order valence-corrected chi connectivity index (χ1v) is 9.90. The highest BCUT2D eigenvalue weighted by atomic mass is 16.5. The molecule has 4 rings (SSSR count). The maximum Gasteiger partial charge on any atom is 0.331 e. The largest absolute Gasteiger partial charge is 0.494 e. The van der Waals surface area contributed by atoms with Crippen LogP contribution in [0.5, 0.6) is 5.75 Å². The fourth-order valence-electron chi connectivity index (χ4n) is 3.41. The summed E-state index contributed by atoms with van der Waals surface area (Å²) < 4.78 is 13.7. The molecule has 0 atom stereocenters. The molecule has 0 aliphatic heterocycles. The number of rotatable bonds is 7. The van der Waals surface area contributed by atoms with E-state index in [4.69, 9.17) is 9.26 Å². The molecule has 0 N–H and O–H groups in total. The van der Waals surface area contributed by atoms with Crippen molar-refractivity contribution >= 4 is 10.9 Å². The first kappa shape index (κ1) is 19.6. The van der Waals surface area contributed by atoms with Crippen molar-refractivity contribution in [2.24, 2.45) is 0 Å². The predicted molar refractivity (Wildman–Crippen MR) is 113 cm³/mol. The van der Waals surface area contributed by atoms with E-state index in [0.717, 1.165) is 11.3 Å². The van der Waals surface area contributed by atoms with Gasteiger partial charge in [0.1, 0.15) is 12.3 Å². The number of hydrogen-bond acceptors (Lipinski definition) is 6. The van der Waals surface area contributed by atoms with Crippen molar-refractivity contribution < 1.29 is 9.26 Å². The van der Waals surface area contributed by atoms with Gasteiger partial charge in [0.25, 0.3) is 5.56 Å². The van der Waals surface area contributed by atoms with Crippen LogP contribution in [-0.2, 0) is 13.1 Å². The Bertz CT molecular complexity index is 1300. The SMILES string of the molecule is CCCn1c(=O)c2ccccc2n(Cc2nc(-c3cccc(OCC)c3)no2)c1=O. The van der Waals surface area contributed by atoms with Crippen LogP contribution in [0, 0.1) is 0 Å². The quantitative estimate of drug-likeness (QED) is 0.468. The van der Waals surface area contributed by atoms with Crippen LogP contribution < -0.4 is 16.0 Å². The standard InChI is InChI=1S/C22H22N4O4/c1-3-12-25-21(27)17-10-5-6-11-18(17)26(22(25)28)14-19-23-20(24-30-19)15-8-7-9-16(13-15)29-4-2/h5-11,13H,3-4,12,14H2,1-2H3. The molecule has 0 aliphatic carbocycles. The van der Waals surface area contributed by atoms with E-state index in [2.05, 4.69) is 10.1 Å². The number of fused-ring (bicyclic) bond motifs is 1. The monoisotopic (exact) mass is 406 g/mol. The third kappa shape index (κ3) is 3.63. The number of aromatic nitrogens is 4. The smallest absolute Gasteiger partial charge is 0.331 e. The minimum atomic E-state index is -0.390. The molecule has 0 amide bonds. The fraction of sp³-hybridized carbons (Fsp3) is 0.273. The zero-order valence-corrected chi connectivity index (χ0v) is 16.9. The maximum absolute atomic E-state index is 13.0. The second-order valence-corrected chi connectivity index (χ2v) is 6.82. The van der Waals surface area contributed by atoms with Gasteiger partial charge in [0.15, 0.2) is 0 Å². The highest BCUT2D eigenvalue weighted by Gasteiger charge is 2.16. The Morgan fingerprint density at radius 3 is 2.67 bits per heavy atom. The summed E-state index contributed by atoms with van der Waals surface area (Å²) in [6, 6.07) is 14.5. The van der Waals surface area contributed by atoms with Gasteiger partial charge in [-0.25, -0.2) is 4.79 Å². The van der Waals surface area contributed by atoms with E-state index in [0.29, 0.717) is 36.3 Å². The Morgan fingerprint density at radius 1 is 1.03 bits per heavy atom. The molecule has 2 aromatic carbocycles. The van der Waals surface area contributed by atoms with Gasteiger partial charge < -0.3 is 9.26 Å². The first-order valence-electron chi connectivity index (χ1n) is 9.90. The van der Waals surface area contributed by atoms with E-state index >= 15 is 0 Å². The summed E-state index contributed by atoms with van der Waals surface area (Å²) in [6.07, 6.45) is 0.675. The molecule has 30 heavy (non-hydrogen) atoms. The van der Waals surface area contributed by atoms with Crippen LogP contribution in [0.25, 0.3) is 22.3 Å². The summed E-state index contributed by atoms with van der Waals surface area (Å²) in [5, 5.41) is 4.53. The van der Waals surface area contributed by atoms with Crippen LogP contribution in [0.4, 0.5) is 0 Å². The molecule has 0 aliphatic rings. The Kier molecular flexibility index (Phi) is 5.47. The molecule has 0 saturated heterocycles. The average Bonchev–Trinajstić information content (AvgIpc) is 3.23. The topological polar surface area (TPSA) is 92.2 Å². The molecule has 154 valence electrons. The van der Waals surface area contributed by atoms with Crippen LogP contribution in [0.3, 0.4) is 0 Å². The molecule has 0 unspecified atom stereocenters. The second kappa shape index (κ2) is 8.36. The molecule has 8 heteroatoms. The first-order chi connectivity index (χ1) is 14.6. The lowest BCUT2D eigenvalue weighted by Crippen LogP contribution is -2.40. The van der Waals surface area contributed by atoms with Gasteiger partial charge in [-0.15, -0.1) is 0 Å². The van der Waals surface area contributed by atoms with Crippen molar-refractivity contribution in [1.82, 2.24) is 19.3 Å². The maximum atomic E-state index is 13.0. The van der Waals surface area contributed by atoms with Gasteiger partial charge in [0, 0.05) is 12.1 Å². The van der Waals surface area contributed by atoms with Gasteiger partial charge in [0.2, 0.25) is 11.7 Å². The third-order valence-electron chi connectivity index (χ3n) is 4.74. The van der Waals surface area contributed by atoms with Crippen molar-refractivity contribution in [2.75, 3.05) is 6.61 Å². The molecule has 4 aromatic rings. The lowest BCUT2D eigenvalue weighted by Gasteiger charge is -2.12. The van der Waals surface area contributed by atoms with Crippen LogP contribution >= 0.6 is 0 Å². The third-order valence-corrected chi connectivity index (χ3v) is 4.74. The molecule has 0 fully saturated rings. The number of hydrogen-bond donors (Lipinski definition) is 0. The van der Waals surface area contributed by atoms with Crippen LogP contribution in [0.15, 0.2) is 62.6 Å². The Labute approximate surface area is 172 Å². The van der Waals surface area contributed by atoms with Gasteiger partial charge in [-0.1, -0.05) is 36.3 Å². The molecule has 0 saturated carbocycles. The summed E-state index contributed by atoms with van der Waals surface area (Å²) in [5.41, 5.74) is 0.619. The molecule has 8 nitrogen and oxygen atoms in total. The van der Waals surface area contributed by atoms with Crippen molar-refractivity contribution in [2.45, 2.75) is 33.4 Å². The Hall–Kier alpha value is -3.68. The zero-order chi connectivity index (χ0) is 21.1. The van der Waals surface area contributed by atoms with Crippen molar-refractivity contribution in [3.05, 3.63) is 75.3 Å². The Morgan fingerprint density at radius 2 is 1.87 bits per heavy atom. The van der Waals surface area contributed by atoms with Crippen LogP contribution in [-0.4, -0.2) is 25.9 Å². The highest BCUT2D eigenvalue weighted by molar-refractivity contribution is 5.77. The van der Waals surface area contributed by atoms with E-state index in [1.807, 2.05) is 38.1 Å². The second-order valence-electron chi connectivity index (χ2n) is 6.82. The number of para-hydroxylation sites is 1. The lowest BCUT2D eigenvalue weighted by atomic mass is 10.2. The van der Waals surface area contributed by atoms with Crippen molar-refractivity contribution in [3.8, 4) is 17.1 Å². The van der Waals surface area contributed by atoms with Gasteiger partial charge >= 0.3 is 5.69 Å². The normalized spacial score (nSPS) is 11.1. The molecule has 0 radical (unpaired) electrons. The minimum Gasteiger partial charge on any atom is -0.494 e. The van der Waals surface area contributed by atoms with E-state index < -0.39 is 5.69 Å². The van der Waals surface area contributed by atoms with Crippen molar-refractivity contribution in [3.63, 3.8) is 0 Å². The van der Waals surface area contributed by atoms with Gasteiger partial charge in [-0.3, -0.25) is 13.9 Å². The summed E-state index contributed by atoms with van der Waals surface area (Å²) in [4.78, 5) is 30.2. The summed E-state index contributed by atoms with van der Waals surface area (Å²) >= 11 is 0. The summed E-state index contributed by atoms with van der Waals surface area (Å²) in [7, 11) is 0. The molecular formula is C22H22N4O4. The molecule has 2 heterocycles. The minimum absolute atomic E-state index is 0.0709. The number of benzene rings is 2. The summed E-state index contributed by atoms with van der Waals surface area (Å²) in [6.45, 7) is 4.82. The molecule has 0 spiro atoms. The Balaban J connectivity index is 1.75. The van der Waals surface area contributed by atoms with Gasteiger partial charge in [0.05, 0.1) is 17.5 Å². The van der Waals surface area contributed by atoms with Gasteiger partial charge in [-0.05, 0) is 37.6 Å².